The number of rotatable bonds is 4. The molecule has 0 spiro atoms. The van der Waals surface area contributed by atoms with Crippen LogP contribution in [0.15, 0.2) is 47.3 Å². The first-order valence-corrected chi connectivity index (χ1v) is 8.72. The van der Waals surface area contributed by atoms with E-state index in [1.807, 2.05) is 6.92 Å². The Hall–Kier alpha value is -3.42. The molecule has 1 amide bonds. The minimum atomic E-state index is -0.775. The summed E-state index contributed by atoms with van der Waals surface area (Å²) in [7, 11) is 0. The molecule has 1 aromatic heterocycles. The summed E-state index contributed by atoms with van der Waals surface area (Å²) in [5.74, 6) is 0.874. The van der Waals surface area contributed by atoms with Crippen LogP contribution in [-0.4, -0.2) is 34.1 Å². The smallest absolute Gasteiger partial charge is 0.278 e. The lowest BCUT2D eigenvalue weighted by atomic mass is 10.2. The van der Waals surface area contributed by atoms with Crippen molar-refractivity contribution in [3.8, 4) is 11.5 Å². The van der Waals surface area contributed by atoms with Gasteiger partial charge in [0.25, 0.3) is 5.56 Å². The molecule has 8 heteroatoms. The number of nitrogens with zero attached hydrogens (tertiary/aromatic N) is 3. The molecule has 1 atom stereocenters. The fraction of sp³-hybridized carbons (Fsp3) is 0.263. The van der Waals surface area contributed by atoms with Gasteiger partial charge < -0.3 is 14.8 Å². The molecule has 8 nitrogen and oxygen atoms in total. The molecule has 0 fully saturated rings. The summed E-state index contributed by atoms with van der Waals surface area (Å²) in [5.41, 5.74) is 0.718. The van der Waals surface area contributed by atoms with Gasteiger partial charge in [0.05, 0.1) is 5.39 Å². The fourth-order valence-electron chi connectivity index (χ4n) is 3.02. The van der Waals surface area contributed by atoms with E-state index in [9.17, 15) is 9.59 Å². The van der Waals surface area contributed by atoms with E-state index in [-0.39, 0.29) is 11.5 Å². The largest absolute Gasteiger partial charge is 0.486 e. The molecule has 0 saturated carbocycles. The third-order valence-corrected chi connectivity index (χ3v) is 4.39. The van der Waals surface area contributed by atoms with Crippen molar-refractivity contribution in [1.82, 2.24) is 15.0 Å². The van der Waals surface area contributed by atoms with Crippen LogP contribution in [0.2, 0.25) is 0 Å². The molecule has 1 N–H and O–H groups in total. The molecule has 0 aliphatic carbocycles. The second-order valence-corrected chi connectivity index (χ2v) is 6.13. The van der Waals surface area contributed by atoms with Gasteiger partial charge in [0.15, 0.2) is 11.5 Å². The summed E-state index contributed by atoms with van der Waals surface area (Å²) in [6.45, 7) is 2.78. The summed E-state index contributed by atoms with van der Waals surface area (Å²) in [6.07, 6.45) is 0.392. The number of ether oxygens (including phenoxy) is 2. The Balaban J connectivity index is 1.62. The van der Waals surface area contributed by atoms with Crippen LogP contribution >= 0.6 is 0 Å². The lowest BCUT2D eigenvalue weighted by Crippen LogP contribution is -2.35. The molecule has 0 bridgehead atoms. The van der Waals surface area contributed by atoms with Crippen LogP contribution in [0.3, 0.4) is 0 Å². The van der Waals surface area contributed by atoms with Crippen molar-refractivity contribution in [3.05, 3.63) is 52.8 Å². The molecule has 0 radical (unpaired) electrons. The topological polar surface area (TPSA) is 95.3 Å². The first-order valence-electron chi connectivity index (χ1n) is 8.72. The first kappa shape index (κ1) is 17.0. The van der Waals surface area contributed by atoms with E-state index in [1.165, 1.54) is 0 Å². The van der Waals surface area contributed by atoms with Crippen LogP contribution in [0.25, 0.3) is 10.9 Å². The summed E-state index contributed by atoms with van der Waals surface area (Å²) in [4.78, 5) is 25.5. The Morgan fingerprint density at radius 3 is 2.78 bits per heavy atom. The van der Waals surface area contributed by atoms with Crippen molar-refractivity contribution >= 4 is 22.5 Å². The van der Waals surface area contributed by atoms with Crippen LogP contribution in [-0.2, 0) is 4.79 Å². The van der Waals surface area contributed by atoms with Crippen LogP contribution < -0.4 is 20.3 Å². The number of aromatic nitrogens is 3. The average molecular weight is 366 g/mol. The van der Waals surface area contributed by atoms with Gasteiger partial charge in [-0.15, -0.1) is 5.10 Å². The van der Waals surface area contributed by atoms with Crippen LogP contribution in [0.4, 0.5) is 5.69 Å². The van der Waals surface area contributed by atoms with Crippen LogP contribution in [0.1, 0.15) is 19.4 Å². The highest BCUT2D eigenvalue weighted by molar-refractivity contribution is 5.94. The molecule has 1 aliphatic heterocycles. The SMILES string of the molecule is CC[C@@H](C(=O)Nc1ccc2c(c1)OCCO2)n1nnc2ccccc2c1=O. The average Bonchev–Trinajstić information content (AvgIpc) is 2.70. The normalized spacial score (nSPS) is 14.0. The molecule has 3 aromatic rings. The van der Waals surface area contributed by atoms with E-state index >= 15 is 0 Å². The van der Waals surface area contributed by atoms with Gasteiger partial charge in [-0.3, -0.25) is 9.59 Å². The Labute approximate surface area is 154 Å². The van der Waals surface area contributed by atoms with Crippen molar-refractivity contribution in [2.45, 2.75) is 19.4 Å². The highest BCUT2D eigenvalue weighted by Crippen LogP contribution is 2.32. The van der Waals surface area contributed by atoms with Crippen molar-refractivity contribution in [3.63, 3.8) is 0 Å². The van der Waals surface area contributed by atoms with Gasteiger partial charge in [0, 0.05) is 11.8 Å². The van der Waals surface area contributed by atoms with Gasteiger partial charge in [-0.05, 0) is 30.7 Å². The van der Waals surface area contributed by atoms with Crippen molar-refractivity contribution in [2.24, 2.45) is 0 Å². The highest BCUT2D eigenvalue weighted by Gasteiger charge is 2.23. The molecule has 2 aromatic carbocycles. The summed E-state index contributed by atoms with van der Waals surface area (Å²) < 4.78 is 12.1. The van der Waals surface area contributed by atoms with Crippen molar-refractivity contribution in [2.75, 3.05) is 18.5 Å². The number of nitrogens with one attached hydrogen (secondary N) is 1. The van der Waals surface area contributed by atoms with Gasteiger partial charge >= 0.3 is 0 Å². The molecule has 2 heterocycles. The third-order valence-electron chi connectivity index (χ3n) is 4.39. The lowest BCUT2D eigenvalue weighted by molar-refractivity contribution is -0.119. The maximum Gasteiger partial charge on any atom is 0.278 e. The van der Waals surface area contributed by atoms with E-state index in [0.717, 1.165) is 4.68 Å². The first-order chi connectivity index (χ1) is 13.2. The van der Waals surface area contributed by atoms with Gasteiger partial charge in [-0.25, -0.2) is 0 Å². The van der Waals surface area contributed by atoms with Gasteiger partial charge in [0.1, 0.15) is 24.8 Å². The van der Waals surface area contributed by atoms with Gasteiger partial charge in [-0.2, -0.15) is 4.68 Å². The van der Waals surface area contributed by atoms with E-state index in [4.69, 9.17) is 9.47 Å². The van der Waals surface area contributed by atoms with E-state index in [0.29, 0.717) is 47.7 Å². The number of hydrogen-bond acceptors (Lipinski definition) is 6. The van der Waals surface area contributed by atoms with Crippen LogP contribution in [0.5, 0.6) is 11.5 Å². The van der Waals surface area contributed by atoms with E-state index in [2.05, 4.69) is 15.6 Å². The predicted octanol–water partition coefficient (Wildman–Crippen LogP) is 2.15. The zero-order chi connectivity index (χ0) is 18.8. The second kappa shape index (κ2) is 7.06. The summed E-state index contributed by atoms with van der Waals surface area (Å²) in [6, 6.07) is 11.3. The maximum absolute atomic E-state index is 12.8. The zero-order valence-corrected chi connectivity index (χ0v) is 14.7. The number of anilines is 1. The fourth-order valence-corrected chi connectivity index (χ4v) is 3.02. The monoisotopic (exact) mass is 366 g/mol. The summed E-state index contributed by atoms with van der Waals surface area (Å²) in [5, 5.41) is 11.3. The van der Waals surface area contributed by atoms with Crippen molar-refractivity contribution in [1.29, 1.82) is 0 Å². The Kier molecular flexibility index (Phi) is 4.45. The van der Waals surface area contributed by atoms with Crippen LogP contribution in [0, 0.1) is 0 Å². The number of fused-ring (bicyclic) bond motifs is 2. The molecule has 0 saturated heterocycles. The minimum Gasteiger partial charge on any atom is -0.486 e. The lowest BCUT2D eigenvalue weighted by Gasteiger charge is -2.20. The number of amides is 1. The molecular formula is C19H18N4O4. The Morgan fingerprint density at radius 2 is 1.96 bits per heavy atom. The maximum atomic E-state index is 12.8. The second-order valence-electron chi connectivity index (χ2n) is 6.13. The zero-order valence-electron chi connectivity index (χ0n) is 14.7. The number of hydrogen-bond donors (Lipinski definition) is 1. The van der Waals surface area contributed by atoms with Gasteiger partial charge in [0.2, 0.25) is 5.91 Å². The summed E-state index contributed by atoms with van der Waals surface area (Å²) >= 11 is 0. The molecule has 0 unspecified atom stereocenters. The highest BCUT2D eigenvalue weighted by atomic mass is 16.6. The quantitative estimate of drug-likeness (QED) is 0.760. The van der Waals surface area contributed by atoms with Gasteiger partial charge in [-0.1, -0.05) is 24.3 Å². The molecule has 27 heavy (non-hydrogen) atoms. The Bertz CT molecular complexity index is 1060. The molecule has 1 aliphatic rings. The van der Waals surface area contributed by atoms with Crippen molar-refractivity contribution < 1.29 is 14.3 Å². The Morgan fingerprint density at radius 1 is 1.19 bits per heavy atom. The number of carbonyl (C=O) groups is 1. The third kappa shape index (κ3) is 3.21. The standard InChI is InChI=1S/C19H18N4O4/c1-2-15(23-19(25)13-5-3-4-6-14(13)21-22-23)18(24)20-12-7-8-16-17(11-12)27-10-9-26-16/h3-8,11,15H,2,9-10H2,1H3,(H,20,24)/t15-/m0/s1. The molecule has 138 valence electrons. The predicted molar refractivity (Wildman–Crippen MR) is 99.2 cm³/mol. The molecular weight excluding hydrogens is 348 g/mol. The molecule has 4 rings (SSSR count). The number of carbonyl (C=O) groups excluding carboxylic acids is 1. The number of benzene rings is 2. The van der Waals surface area contributed by atoms with E-state index in [1.54, 1.807) is 42.5 Å². The van der Waals surface area contributed by atoms with E-state index < -0.39 is 6.04 Å². The minimum absolute atomic E-state index is 0.343.